The van der Waals surface area contributed by atoms with E-state index in [1.54, 1.807) is 19.9 Å². The van der Waals surface area contributed by atoms with Crippen molar-refractivity contribution in [1.29, 1.82) is 5.26 Å². The van der Waals surface area contributed by atoms with Crippen molar-refractivity contribution in [3.8, 4) is 6.07 Å². The van der Waals surface area contributed by atoms with Crippen LogP contribution in [0, 0.1) is 23.1 Å². The maximum Gasteiger partial charge on any atom is 0.241 e. The Labute approximate surface area is 99.2 Å². The number of nitrogens with two attached hydrogens (primary N) is 1. The van der Waals surface area contributed by atoms with Gasteiger partial charge in [0.1, 0.15) is 17.4 Å². The van der Waals surface area contributed by atoms with Crippen LogP contribution in [0.25, 0.3) is 0 Å². The average Bonchev–Trinajstić information content (AvgIpc) is 2.28. The number of carbonyl (C=O) groups excluding carboxylic acids is 1. The van der Waals surface area contributed by atoms with E-state index in [2.05, 4.69) is 5.32 Å². The van der Waals surface area contributed by atoms with Crippen molar-refractivity contribution in [2.75, 3.05) is 5.32 Å². The summed E-state index contributed by atoms with van der Waals surface area (Å²) in [7, 11) is 0. The molecule has 0 bridgehead atoms. The molecule has 1 amide bonds. The summed E-state index contributed by atoms with van der Waals surface area (Å²) in [6.45, 7) is 3.61. The van der Waals surface area contributed by atoms with Gasteiger partial charge in [0, 0.05) is 0 Å². The number of benzene rings is 1. The van der Waals surface area contributed by atoms with Crippen LogP contribution >= 0.6 is 0 Å². The fourth-order valence-electron chi connectivity index (χ4n) is 1.26. The Morgan fingerprint density at radius 2 is 2.18 bits per heavy atom. The van der Waals surface area contributed by atoms with Crippen LogP contribution in [0.3, 0.4) is 0 Å². The minimum Gasteiger partial charge on any atom is -0.323 e. The monoisotopic (exact) mass is 235 g/mol. The Balaban J connectivity index is 2.94. The maximum absolute atomic E-state index is 13.3. The van der Waals surface area contributed by atoms with E-state index in [1.165, 1.54) is 12.1 Å². The number of amides is 1. The van der Waals surface area contributed by atoms with Crippen molar-refractivity contribution in [3.63, 3.8) is 0 Å². The predicted molar refractivity (Wildman–Crippen MR) is 62.6 cm³/mol. The predicted octanol–water partition coefficient (Wildman–Crippen LogP) is 1.62. The summed E-state index contributed by atoms with van der Waals surface area (Å²) in [6, 6.07) is 5.07. The molecule has 0 spiro atoms. The minimum atomic E-state index is -0.690. The van der Waals surface area contributed by atoms with Crippen LogP contribution in [-0.4, -0.2) is 11.9 Å². The van der Waals surface area contributed by atoms with E-state index >= 15 is 0 Å². The first-order valence-electron chi connectivity index (χ1n) is 5.22. The molecule has 90 valence electrons. The summed E-state index contributed by atoms with van der Waals surface area (Å²) in [5.74, 6) is -1.13. The number of hydrogen-bond donors (Lipinski definition) is 2. The van der Waals surface area contributed by atoms with Crippen LogP contribution in [-0.2, 0) is 4.79 Å². The van der Waals surface area contributed by atoms with Gasteiger partial charge in [-0.15, -0.1) is 0 Å². The summed E-state index contributed by atoms with van der Waals surface area (Å²) in [6.07, 6.45) is 0. The molecular formula is C12H14FN3O. The Hall–Kier alpha value is -1.93. The number of nitrogens with one attached hydrogen (secondary N) is 1. The van der Waals surface area contributed by atoms with Gasteiger partial charge >= 0.3 is 0 Å². The lowest BCUT2D eigenvalue weighted by Gasteiger charge is -2.15. The van der Waals surface area contributed by atoms with Gasteiger partial charge in [0.05, 0.1) is 11.7 Å². The first kappa shape index (κ1) is 13.1. The highest BCUT2D eigenvalue weighted by Gasteiger charge is 2.19. The van der Waals surface area contributed by atoms with Gasteiger partial charge in [-0.3, -0.25) is 4.79 Å². The summed E-state index contributed by atoms with van der Waals surface area (Å²) in [5, 5.41) is 11.2. The average molecular weight is 235 g/mol. The first-order valence-corrected chi connectivity index (χ1v) is 5.22. The molecule has 0 unspecified atom stereocenters. The fourth-order valence-corrected chi connectivity index (χ4v) is 1.26. The fraction of sp³-hybridized carbons (Fsp3) is 0.333. The van der Waals surface area contributed by atoms with Gasteiger partial charge in [-0.25, -0.2) is 4.39 Å². The molecule has 1 atom stereocenters. The molecule has 0 saturated carbocycles. The molecule has 0 fully saturated rings. The lowest BCUT2D eigenvalue weighted by Crippen LogP contribution is -2.39. The topological polar surface area (TPSA) is 78.9 Å². The zero-order valence-corrected chi connectivity index (χ0v) is 9.70. The van der Waals surface area contributed by atoms with Crippen LogP contribution < -0.4 is 11.1 Å². The van der Waals surface area contributed by atoms with Gasteiger partial charge in [-0.2, -0.15) is 5.26 Å². The van der Waals surface area contributed by atoms with E-state index in [-0.39, 0.29) is 17.2 Å². The number of carbonyl (C=O) groups is 1. The Bertz CT molecular complexity index is 465. The molecule has 0 saturated heterocycles. The third kappa shape index (κ3) is 3.02. The minimum absolute atomic E-state index is 0.0332. The zero-order chi connectivity index (χ0) is 13.0. The molecule has 0 aromatic heterocycles. The van der Waals surface area contributed by atoms with Crippen LogP contribution in [0.2, 0.25) is 0 Å². The number of hydrogen-bond acceptors (Lipinski definition) is 3. The Morgan fingerprint density at radius 1 is 1.53 bits per heavy atom. The van der Waals surface area contributed by atoms with E-state index in [4.69, 9.17) is 11.0 Å². The highest BCUT2D eigenvalue weighted by Crippen LogP contribution is 2.18. The third-order valence-electron chi connectivity index (χ3n) is 2.40. The van der Waals surface area contributed by atoms with E-state index in [9.17, 15) is 9.18 Å². The molecule has 4 nitrogen and oxygen atoms in total. The van der Waals surface area contributed by atoms with Crippen LogP contribution in [0.5, 0.6) is 0 Å². The standard InChI is InChI=1S/C12H14FN3O/c1-7(2)11(15)12(17)16-10-5-3-4-9(13)8(10)6-14/h3-5,7,11H,15H2,1-2H3,(H,16,17)/t11-/m1/s1. The number of nitriles is 1. The molecule has 1 aromatic carbocycles. The SMILES string of the molecule is CC(C)[C@@H](N)C(=O)Nc1cccc(F)c1C#N. The summed E-state index contributed by atoms with van der Waals surface area (Å²) in [4.78, 5) is 11.7. The Kier molecular flexibility index (Phi) is 4.18. The largest absolute Gasteiger partial charge is 0.323 e. The number of halogens is 1. The van der Waals surface area contributed by atoms with Crippen molar-refractivity contribution in [3.05, 3.63) is 29.6 Å². The second kappa shape index (κ2) is 5.41. The molecule has 0 aliphatic rings. The van der Waals surface area contributed by atoms with E-state index < -0.39 is 17.8 Å². The normalized spacial score (nSPS) is 12.0. The number of nitrogens with zero attached hydrogens (tertiary/aromatic N) is 1. The van der Waals surface area contributed by atoms with Gasteiger partial charge in [0.2, 0.25) is 5.91 Å². The van der Waals surface area contributed by atoms with Gasteiger partial charge in [-0.05, 0) is 18.1 Å². The highest BCUT2D eigenvalue weighted by molar-refractivity contribution is 5.95. The first-order chi connectivity index (χ1) is 7.97. The van der Waals surface area contributed by atoms with Crippen molar-refractivity contribution in [2.24, 2.45) is 11.7 Å². The maximum atomic E-state index is 13.3. The zero-order valence-electron chi connectivity index (χ0n) is 9.70. The number of anilines is 1. The summed E-state index contributed by atoms with van der Waals surface area (Å²) < 4.78 is 13.3. The number of rotatable bonds is 3. The summed E-state index contributed by atoms with van der Waals surface area (Å²) in [5.41, 5.74) is 5.61. The van der Waals surface area contributed by atoms with Crippen LogP contribution in [0.15, 0.2) is 18.2 Å². The van der Waals surface area contributed by atoms with E-state index in [1.807, 2.05) is 0 Å². The molecule has 0 heterocycles. The van der Waals surface area contributed by atoms with Gasteiger partial charge in [0.15, 0.2) is 0 Å². The second-order valence-corrected chi connectivity index (χ2v) is 4.03. The van der Waals surface area contributed by atoms with Gasteiger partial charge < -0.3 is 11.1 Å². The molecular weight excluding hydrogens is 221 g/mol. The molecule has 0 radical (unpaired) electrons. The molecule has 1 rings (SSSR count). The van der Waals surface area contributed by atoms with E-state index in [0.717, 1.165) is 6.07 Å². The second-order valence-electron chi connectivity index (χ2n) is 4.03. The van der Waals surface area contributed by atoms with Crippen molar-refractivity contribution in [2.45, 2.75) is 19.9 Å². The molecule has 3 N–H and O–H groups in total. The van der Waals surface area contributed by atoms with Gasteiger partial charge in [0.25, 0.3) is 0 Å². The van der Waals surface area contributed by atoms with Gasteiger partial charge in [-0.1, -0.05) is 19.9 Å². The quantitative estimate of drug-likeness (QED) is 0.835. The summed E-state index contributed by atoms with van der Waals surface area (Å²) >= 11 is 0. The van der Waals surface area contributed by atoms with Crippen molar-refractivity contribution >= 4 is 11.6 Å². The molecule has 17 heavy (non-hydrogen) atoms. The lowest BCUT2D eigenvalue weighted by atomic mass is 10.0. The van der Waals surface area contributed by atoms with E-state index in [0.29, 0.717) is 0 Å². The highest BCUT2D eigenvalue weighted by atomic mass is 19.1. The van der Waals surface area contributed by atoms with Crippen molar-refractivity contribution < 1.29 is 9.18 Å². The molecule has 5 heteroatoms. The smallest absolute Gasteiger partial charge is 0.241 e. The van der Waals surface area contributed by atoms with Crippen molar-refractivity contribution in [1.82, 2.24) is 0 Å². The third-order valence-corrected chi connectivity index (χ3v) is 2.40. The molecule has 0 aliphatic heterocycles. The molecule has 1 aromatic rings. The van der Waals surface area contributed by atoms with Crippen LogP contribution in [0.1, 0.15) is 19.4 Å². The lowest BCUT2D eigenvalue weighted by molar-refractivity contribution is -0.118. The van der Waals surface area contributed by atoms with Crippen LogP contribution in [0.4, 0.5) is 10.1 Å². The Morgan fingerprint density at radius 3 is 2.71 bits per heavy atom. The molecule has 0 aliphatic carbocycles.